The maximum absolute atomic E-state index is 9.86. The van der Waals surface area contributed by atoms with Crippen LogP contribution in [0.2, 0.25) is 0 Å². The first-order chi connectivity index (χ1) is 3.27. The van der Waals surface area contributed by atoms with Crippen molar-refractivity contribution in [1.82, 2.24) is 5.48 Å². The summed E-state index contributed by atoms with van der Waals surface area (Å²) in [6.07, 6.45) is 0. The molecule has 1 amide bonds. The van der Waals surface area contributed by atoms with Crippen molar-refractivity contribution in [2.75, 3.05) is 6.61 Å². The topological polar surface area (TPSA) is 38.3 Å². The highest BCUT2D eigenvalue weighted by Gasteiger charge is 1.83. The van der Waals surface area contributed by atoms with Gasteiger partial charge in [0.2, 0.25) is 5.91 Å². The third kappa shape index (κ3) is 5.43. The zero-order valence-corrected chi connectivity index (χ0v) is 4.23. The molecule has 0 aromatic rings. The zero-order chi connectivity index (χ0) is 5.70. The van der Waals surface area contributed by atoms with Gasteiger partial charge in [-0.3, -0.25) is 9.63 Å². The van der Waals surface area contributed by atoms with Crippen LogP contribution in [0.4, 0.5) is 0 Å². The van der Waals surface area contributed by atoms with E-state index in [0.29, 0.717) is 6.61 Å². The summed E-state index contributed by atoms with van der Waals surface area (Å²) < 4.78 is 0. The fraction of sp³-hybridized carbons (Fsp3) is 0.500. The van der Waals surface area contributed by atoms with E-state index in [1.807, 2.05) is 5.48 Å². The van der Waals surface area contributed by atoms with Gasteiger partial charge in [0.15, 0.2) is 0 Å². The Morgan fingerprint density at radius 2 is 2.57 bits per heavy atom. The fourth-order valence-corrected chi connectivity index (χ4v) is 0.153. The maximum atomic E-state index is 9.86. The largest absolute Gasteiger partial charge is 0.274 e. The van der Waals surface area contributed by atoms with Crippen LogP contribution in [0.5, 0.6) is 0 Å². The molecule has 0 aromatic carbocycles. The molecule has 0 spiro atoms. The first kappa shape index (κ1) is 6.43. The average Bonchev–Trinajstić information content (AvgIpc) is 1.61. The molecule has 0 aliphatic heterocycles. The van der Waals surface area contributed by atoms with Gasteiger partial charge in [-0.05, 0) is 6.92 Å². The van der Waals surface area contributed by atoms with Gasteiger partial charge in [0.25, 0.3) is 0 Å². The fourth-order valence-electron chi connectivity index (χ4n) is 0.153. The highest BCUT2D eigenvalue weighted by molar-refractivity contribution is 5.78. The minimum atomic E-state index is -0.415. The molecule has 0 saturated carbocycles. The lowest BCUT2D eigenvalue weighted by Crippen LogP contribution is -2.19. The second-order valence-electron chi connectivity index (χ2n) is 0.958. The highest BCUT2D eigenvalue weighted by atomic mass is 16.6. The predicted molar refractivity (Wildman–Crippen MR) is 25.1 cm³/mol. The van der Waals surface area contributed by atoms with E-state index in [9.17, 15) is 4.79 Å². The second-order valence-corrected chi connectivity index (χ2v) is 0.958. The van der Waals surface area contributed by atoms with Gasteiger partial charge in [-0.25, -0.2) is 5.48 Å². The molecule has 7 heavy (non-hydrogen) atoms. The number of carbonyl (C=O) groups is 1. The summed E-state index contributed by atoms with van der Waals surface area (Å²) in [5.41, 5.74) is 2.05. The molecule has 0 bridgehead atoms. The minimum absolute atomic E-state index is 0.415. The zero-order valence-electron chi connectivity index (χ0n) is 4.23. The third-order valence-corrected chi connectivity index (χ3v) is 0.330. The number of nitrogens with one attached hydrogen (secondary N) is 1. The summed E-state index contributed by atoms with van der Waals surface area (Å²) in [7, 11) is 0. The minimum Gasteiger partial charge on any atom is -0.274 e. The molecule has 1 radical (unpaired) electrons. The van der Waals surface area contributed by atoms with Gasteiger partial charge in [0, 0.05) is 6.92 Å². The van der Waals surface area contributed by atoms with Crippen molar-refractivity contribution in [2.24, 2.45) is 0 Å². The first-order valence-electron chi connectivity index (χ1n) is 2.01. The van der Waals surface area contributed by atoms with Gasteiger partial charge < -0.3 is 0 Å². The van der Waals surface area contributed by atoms with Crippen LogP contribution in [0.1, 0.15) is 6.92 Å². The van der Waals surface area contributed by atoms with Gasteiger partial charge in [-0.2, -0.15) is 0 Å². The summed E-state index contributed by atoms with van der Waals surface area (Å²) in [5, 5.41) is 0. The van der Waals surface area contributed by atoms with Crippen molar-refractivity contribution in [2.45, 2.75) is 6.92 Å². The molecule has 41 valence electrons. The average molecular weight is 102 g/mol. The molecule has 0 unspecified atom stereocenters. The van der Waals surface area contributed by atoms with Crippen molar-refractivity contribution in [3.05, 3.63) is 6.92 Å². The van der Waals surface area contributed by atoms with E-state index in [-0.39, 0.29) is 0 Å². The van der Waals surface area contributed by atoms with Crippen LogP contribution in [0, 0.1) is 6.92 Å². The summed E-state index contributed by atoms with van der Waals surface area (Å²) in [6, 6.07) is 0. The van der Waals surface area contributed by atoms with Crippen molar-refractivity contribution in [3.63, 3.8) is 0 Å². The Morgan fingerprint density at radius 3 is 2.71 bits per heavy atom. The molecule has 3 nitrogen and oxygen atoms in total. The Kier molecular flexibility index (Phi) is 3.32. The van der Waals surface area contributed by atoms with Gasteiger partial charge in [0.05, 0.1) is 6.61 Å². The van der Waals surface area contributed by atoms with Crippen molar-refractivity contribution in [1.29, 1.82) is 0 Å². The van der Waals surface area contributed by atoms with E-state index in [2.05, 4.69) is 11.8 Å². The first-order valence-corrected chi connectivity index (χ1v) is 2.01. The Balaban J connectivity index is 2.82. The Hall–Kier alpha value is -0.570. The number of hydrogen-bond acceptors (Lipinski definition) is 2. The highest BCUT2D eigenvalue weighted by Crippen LogP contribution is 1.61. The Bertz CT molecular complexity index is 62.7. The second kappa shape index (κ2) is 3.61. The quantitative estimate of drug-likeness (QED) is 0.494. The van der Waals surface area contributed by atoms with E-state index in [0.717, 1.165) is 0 Å². The summed E-state index contributed by atoms with van der Waals surface area (Å²) in [4.78, 5) is 14.3. The third-order valence-electron chi connectivity index (χ3n) is 0.330. The van der Waals surface area contributed by atoms with E-state index < -0.39 is 5.91 Å². The molecule has 0 saturated heterocycles. The van der Waals surface area contributed by atoms with Crippen LogP contribution in [0.15, 0.2) is 0 Å². The molecule has 0 heterocycles. The number of rotatable bonds is 2. The molecule has 0 fully saturated rings. The van der Waals surface area contributed by atoms with Gasteiger partial charge in [-0.15, -0.1) is 0 Å². The number of hydrogen-bond donors (Lipinski definition) is 1. The lowest BCUT2D eigenvalue weighted by molar-refractivity contribution is -0.128. The smallest absolute Gasteiger partial charge is 0.244 e. The van der Waals surface area contributed by atoms with Crippen LogP contribution in [-0.4, -0.2) is 12.5 Å². The molecule has 0 aromatic heterocycles. The maximum Gasteiger partial charge on any atom is 0.244 e. The number of hydroxylamine groups is 1. The predicted octanol–water partition coefficient (Wildman–Crippen LogP) is -0.112. The molecule has 0 atom stereocenters. The van der Waals surface area contributed by atoms with Crippen LogP contribution >= 0.6 is 0 Å². The Morgan fingerprint density at radius 1 is 2.00 bits per heavy atom. The van der Waals surface area contributed by atoms with E-state index in [1.165, 1.54) is 0 Å². The molecule has 0 aliphatic carbocycles. The molecule has 0 aliphatic rings. The van der Waals surface area contributed by atoms with Crippen molar-refractivity contribution < 1.29 is 9.63 Å². The number of carbonyl (C=O) groups excluding carboxylic acids is 1. The molecular formula is C4H8NO2. The summed E-state index contributed by atoms with van der Waals surface area (Å²) in [5.74, 6) is -0.415. The normalized spacial score (nSPS) is 8.29. The van der Waals surface area contributed by atoms with Gasteiger partial charge >= 0.3 is 0 Å². The summed E-state index contributed by atoms with van der Waals surface area (Å²) in [6.45, 7) is 5.25. The van der Waals surface area contributed by atoms with Crippen molar-refractivity contribution >= 4 is 5.91 Å². The van der Waals surface area contributed by atoms with E-state index in [1.54, 1.807) is 6.92 Å². The van der Waals surface area contributed by atoms with E-state index >= 15 is 0 Å². The standard InChI is InChI=1S/C4H8NO2/c1-3-7-5-4(2)6/h2-3H2,1H3,(H,5,6). The Labute approximate surface area is 42.6 Å². The van der Waals surface area contributed by atoms with Crippen LogP contribution in [0.25, 0.3) is 0 Å². The van der Waals surface area contributed by atoms with Crippen molar-refractivity contribution in [3.8, 4) is 0 Å². The van der Waals surface area contributed by atoms with E-state index in [4.69, 9.17) is 0 Å². The lowest BCUT2D eigenvalue weighted by Gasteiger charge is -1.95. The van der Waals surface area contributed by atoms with Gasteiger partial charge in [-0.1, -0.05) is 0 Å². The van der Waals surface area contributed by atoms with Crippen LogP contribution in [-0.2, 0) is 9.63 Å². The van der Waals surface area contributed by atoms with Crippen LogP contribution < -0.4 is 5.48 Å². The molecular weight excluding hydrogens is 94.0 g/mol. The lowest BCUT2D eigenvalue weighted by atomic mass is 10.8. The molecule has 0 rings (SSSR count). The van der Waals surface area contributed by atoms with Gasteiger partial charge in [0.1, 0.15) is 0 Å². The molecule has 1 N–H and O–H groups in total. The number of amides is 1. The summed E-state index contributed by atoms with van der Waals surface area (Å²) >= 11 is 0. The SMILES string of the molecule is [CH2]C(=O)NOCC. The monoisotopic (exact) mass is 102 g/mol. The molecule has 3 heteroatoms. The van der Waals surface area contributed by atoms with Crippen LogP contribution in [0.3, 0.4) is 0 Å².